The van der Waals surface area contributed by atoms with Crippen LogP contribution in [0.15, 0.2) is 12.4 Å². The van der Waals surface area contributed by atoms with Crippen LogP contribution in [0.3, 0.4) is 0 Å². The molecule has 0 amide bonds. The first-order chi connectivity index (χ1) is 8.65. The van der Waals surface area contributed by atoms with E-state index in [2.05, 4.69) is 42.3 Å². The van der Waals surface area contributed by atoms with Crippen molar-refractivity contribution < 1.29 is 0 Å². The molecule has 18 heavy (non-hydrogen) atoms. The van der Waals surface area contributed by atoms with Gasteiger partial charge >= 0.3 is 0 Å². The number of nitrogens with one attached hydrogen (secondary N) is 1. The van der Waals surface area contributed by atoms with Gasteiger partial charge < -0.3 is 0 Å². The molecule has 3 N–H and O–H groups in total. The van der Waals surface area contributed by atoms with Crippen LogP contribution in [0.4, 0.5) is 0 Å². The van der Waals surface area contributed by atoms with Crippen molar-refractivity contribution in [2.75, 3.05) is 0 Å². The van der Waals surface area contributed by atoms with Gasteiger partial charge in [0.15, 0.2) is 0 Å². The molecule has 0 radical (unpaired) electrons. The minimum Gasteiger partial charge on any atom is -0.271 e. The normalized spacial score (nSPS) is 12.9. The summed E-state index contributed by atoms with van der Waals surface area (Å²) < 4.78 is 1.90. The fourth-order valence-corrected chi connectivity index (χ4v) is 3.01. The van der Waals surface area contributed by atoms with E-state index in [0.29, 0.717) is 0 Å². The summed E-state index contributed by atoms with van der Waals surface area (Å²) in [4.78, 5) is 6.87. The number of hydrazine groups is 1. The topological polar surface area (TPSA) is 68.8 Å². The molecule has 2 aromatic heterocycles. The highest BCUT2D eigenvalue weighted by Crippen LogP contribution is 2.27. The molecule has 1 unspecified atom stereocenters. The van der Waals surface area contributed by atoms with Crippen LogP contribution in [0.5, 0.6) is 0 Å². The molecule has 98 valence electrons. The lowest BCUT2D eigenvalue weighted by Crippen LogP contribution is -2.29. The van der Waals surface area contributed by atoms with Crippen LogP contribution in [0.1, 0.15) is 34.1 Å². The maximum atomic E-state index is 5.67. The summed E-state index contributed by atoms with van der Waals surface area (Å²) in [6, 6.07) is 2.29. The molecule has 0 aliphatic rings. The van der Waals surface area contributed by atoms with E-state index in [4.69, 9.17) is 5.84 Å². The van der Waals surface area contributed by atoms with Gasteiger partial charge in [-0.1, -0.05) is 0 Å². The molecule has 5 nitrogen and oxygen atoms in total. The summed E-state index contributed by atoms with van der Waals surface area (Å²) in [7, 11) is 0. The molecule has 0 fully saturated rings. The van der Waals surface area contributed by atoms with Gasteiger partial charge in [0, 0.05) is 22.7 Å². The maximum Gasteiger partial charge on any atom is 0.138 e. The highest BCUT2D eigenvalue weighted by Gasteiger charge is 2.16. The van der Waals surface area contributed by atoms with Gasteiger partial charge in [0.25, 0.3) is 0 Å². The smallest absolute Gasteiger partial charge is 0.138 e. The number of nitrogens with zero attached hydrogens (tertiary/aromatic N) is 3. The zero-order valence-electron chi connectivity index (χ0n) is 11.0. The molecule has 6 heteroatoms. The molecule has 0 aliphatic carbocycles. The van der Waals surface area contributed by atoms with Crippen LogP contribution >= 0.6 is 11.3 Å². The first-order valence-electron chi connectivity index (χ1n) is 6.05. The summed E-state index contributed by atoms with van der Waals surface area (Å²) in [6.45, 7) is 7.14. The Morgan fingerprint density at radius 2 is 2.28 bits per heavy atom. The average Bonchev–Trinajstić information content (AvgIpc) is 2.93. The highest BCUT2D eigenvalue weighted by atomic mass is 32.1. The predicted molar refractivity (Wildman–Crippen MR) is 73.3 cm³/mol. The van der Waals surface area contributed by atoms with Crippen LogP contribution in [0.2, 0.25) is 0 Å². The molecule has 0 aliphatic heterocycles. The summed E-state index contributed by atoms with van der Waals surface area (Å²) in [6.07, 6.45) is 2.35. The number of hydrogen-bond donors (Lipinski definition) is 2. The van der Waals surface area contributed by atoms with E-state index < -0.39 is 0 Å². The molecular formula is C12H19N5S. The second-order valence-corrected chi connectivity index (χ2v) is 5.59. The van der Waals surface area contributed by atoms with Crippen LogP contribution < -0.4 is 11.3 Å². The van der Waals surface area contributed by atoms with Gasteiger partial charge in [-0.3, -0.25) is 16.0 Å². The van der Waals surface area contributed by atoms with E-state index in [1.165, 1.54) is 15.3 Å². The van der Waals surface area contributed by atoms with Crippen LogP contribution in [-0.2, 0) is 13.0 Å². The lowest BCUT2D eigenvalue weighted by molar-refractivity contribution is 0.516. The van der Waals surface area contributed by atoms with Crippen molar-refractivity contribution in [3.63, 3.8) is 0 Å². The largest absolute Gasteiger partial charge is 0.271 e. The molecular weight excluding hydrogens is 246 g/mol. The van der Waals surface area contributed by atoms with E-state index in [0.717, 1.165) is 18.8 Å². The monoisotopic (exact) mass is 265 g/mol. The van der Waals surface area contributed by atoms with Crippen molar-refractivity contribution in [1.29, 1.82) is 0 Å². The number of thiophene rings is 1. The Labute approximate surface area is 111 Å². The number of aryl methyl sites for hydroxylation is 3. The fraction of sp³-hybridized carbons (Fsp3) is 0.500. The number of hydrogen-bond acceptors (Lipinski definition) is 5. The summed E-state index contributed by atoms with van der Waals surface area (Å²) in [5.41, 5.74) is 4.19. The van der Waals surface area contributed by atoms with Gasteiger partial charge in [-0.2, -0.15) is 5.10 Å². The van der Waals surface area contributed by atoms with Crippen molar-refractivity contribution in [3.05, 3.63) is 33.5 Å². The SMILES string of the molecule is CCn1ncnc1CC(NN)c1cc(C)c(C)s1. The number of rotatable bonds is 5. The minimum absolute atomic E-state index is 0.0944. The second kappa shape index (κ2) is 5.60. The van der Waals surface area contributed by atoms with Gasteiger partial charge in [-0.05, 0) is 32.4 Å². The Morgan fingerprint density at radius 1 is 1.50 bits per heavy atom. The molecule has 0 aromatic carbocycles. The van der Waals surface area contributed by atoms with Crippen molar-refractivity contribution in [3.8, 4) is 0 Å². The van der Waals surface area contributed by atoms with Gasteiger partial charge in [-0.25, -0.2) is 4.98 Å². The Bertz CT molecular complexity index is 497. The predicted octanol–water partition coefficient (Wildman–Crippen LogP) is 1.72. The first-order valence-corrected chi connectivity index (χ1v) is 6.87. The molecule has 1 atom stereocenters. The molecule has 2 heterocycles. The quantitative estimate of drug-likeness (QED) is 0.638. The van der Waals surface area contributed by atoms with Crippen molar-refractivity contribution in [1.82, 2.24) is 20.2 Å². The second-order valence-electron chi connectivity index (χ2n) is 4.30. The van der Waals surface area contributed by atoms with E-state index in [9.17, 15) is 0 Å². The third kappa shape index (κ3) is 2.60. The number of aromatic nitrogens is 3. The molecule has 0 saturated heterocycles. The van der Waals surface area contributed by atoms with Gasteiger partial charge in [0.05, 0.1) is 6.04 Å². The Balaban J connectivity index is 2.19. The zero-order chi connectivity index (χ0) is 13.1. The Kier molecular flexibility index (Phi) is 4.11. The van der Waals surface area contributed by atoms with Gasteiger partial charge in [0.1, 0.15) is 12.2 Å². The van der Waals surface area contributed by atoms with E-state index >= 15 is 0 Å². The molecule has 0 saturated carbocycles. The van der Waals surface area contributed by atoms with Gasteiger partial charge in [-0.15, -0.1) is 11.3 Å². The zero-order valence-corrected chi connectivity index (χ0v) is 11.8. The summed E-state index contributed by atoms with van der Waals surface area (Å²) >= 11 is 1.78. The number of nitrogens with two attached hydrogens (primary N) is 1. The lowest BCUT2D eigenvalue weighted by atomic mass is 10.1. The molecule has 2 rings (SSSR count). The molecule has 0 bridgehead atoms. The van der Waals surface area contributed by atoms with Crippen LogP contribution in [0.25, 0.3) is 0 Å². The Hall–Kier alpha value is -1.24. The highest BCUT2D eigenvalue weighted by molar-refractivity contribution is 7.12. The average molecular weight is 265 g/mol. The Morgan fingerprint density at radius 3 is 2.83 bits per heavy atom. The van der Waals surface area contributed by atoms with E-state index in [1.807, 2.05) is 4.68 Å². The van der Waals surface area contributed by atoms with Crippen molar-refractivity contribution >= 4 is 11.3 Å². The summed E-state index contributed by atoms with van der Waals surface area (Å²) in [5.74, 6) is 6.63. The first kappa shape index (κ1) is 13.2. The third-order valence-electron chi connectivity index (χ3n) is 3.11. The standard InChI is InChI=1S/C12H19N5S/c1-4-17-12(14-7-15-17)6-10(16-13)11-5-8(2)9(3)18-11/h5,7,10,16H,4,6,13H2,1-3H3. The molecule has 2 aromatic rings. The molecule has 0 spiro atoms. The lowest BCUT2D eigenvalue weighted by Gasteiger charge is -2.13. The minimum atomic E-state index is 0.0944. The van der Waals surface area contributed by atoms with Crippen molar-refractivity contribution in [2.24, 2.45) is 5.84 Å². The van der Waals surface area contributed by atoms with Crippen LogP contribution in [-0.4, -0.2) is 14.8 Å². The van der Waals surface area contributed by atoms with E-state index in [-0.39, 0.29) is 6.04 Å². The van der Waals surface area contributed by atoms with E-state index in [1.54, 1.807) is 17.7 Å². The van der Waals surface area contributed by atoms with Crippen molar-refractivity contribution in [2.45, 2.75) is 39.8 Å². The van der Waals surface area contributed by atoms with Crippen LogP contribution in [0, 0.1) is 13.8 Å². The third-order valence-corrected chi connectivity index (χ3v) is 4.38. The maximum absolute atomic E-state index is 5.67. The summed E-state index contributed by atoms with van der Waals surface area (Å²) in [5, 5.41) is 4.18. The van der Waals surface area contributed by atoms with Gasteiger partial charge in [0.2, 0.25) is 0 Å². The fourth-order valence-electron chi connectivity index (χ4n) is 1.91.